The predicted octanol–water partition coefficient (Wildman–Crippen LogP) is 4.06. The van der Waals surface area contributed by atoms with E-state index in [1.165, 1.54) is 10.5 Å². The Kier molecular flexibility index (Phi) is 6.47. The first-order chi connectivity index (χ1) is 11.0. The molecular formula is C16H19ClN2O2S2. The Morgan fingerprint density at radius 2 is 1.74 bits per heavy atom. The van der Waals surface area contributed by atoms with Gasteiger partial charge in [0.15, 0.2) is 0 Å². The van der Waals surface area contributed by atoms with Crippen molar-refractivity contribution in [1.29, 1.82) is 0 Å². The minimum absolute atomic E-state index is 0.233. The Morgan fingerprint density at radius 3 is 2.26 bits per heavy atom. The van der Waals surface area contributed by atoms with Gasteiger partial charge in [0.25, 0.3) is 0 Å². The summed E-state index contributed by atoms with van der Waals surface area (Å²) in [7, 11) is -3.44. The van der Waals surface area contributed by atoms with Gasteiger partial charge in [-0.15, -0.1) is 11.8 Å². The molecule has 7 heteroatoms. The SMILES string of the molecule is CCN(CC)S(=O)(=O)c1ccc(SCc2ccc(Cl)cc2)nc1. The summed E-state index contributed by atoms with van der Waals surface area (Å²) in [5, 5.41) is 1.50. The van der Waals surface area contributed by atoms with Crippen LogP contribution in [0.4, 0.5) is 0 Å². The zero-order chi connectivity index (χ0) is 16.9. The normalized spacial score (nSPS) is 11.8. The molecule has 0 radical (unpaired) electrons. The molecule has 0 bridgehead atoms. The third-order valence-corrected chi connectivity index (χ3v) is 6.65. The fourth-order valence-corrected chi connectivity index (χ4v) is 4.38. The first-order valence-corrected chi connectivity index (χ1v) is 10.1. The van der Waals surface area contributed by atoms with E-state index in [4.69, 9.17) is 11.6 Å². The number of pyridine rings is 1. The smallest absolute Gasteiger partial charge is 0.244 e. The van der Waals surface area contributed by atoms with Gasteiger partial charge >= 0.3 is 0 Å². The summed E-state index contributed by atoms with van der Waals surface area (Å²) in [6.07, 6.45) is 1.43. The summed E-state index contributed by atoms with van der Waals surface area (Å²) >= 11 is 7.41. The number of hydrogen-bond donors (Lipinski definition) is 0. The Balaban J connectivity index is 2.06. The molecule has 2 aromatic rings. The van der Waals surface area contributed by atoms with Crippen LogP contribution in [0.25, 0.3) is 0 Å². The van der Waals surface area contributed by atoms with Gasteiger partial charge in [-0.1, -0.05) is 37.6 Å². The Bertz CT molecular complexity index is 728. The number of hydrogen-bond acceptors (Lipinski definition) is 4. The molecule has 0 unspecified atom stereocenters. The van der Waals surface area contributed by atoms with E-state index >= 15 is 0 Å². The van der Waals surface area contributed by atoms with E-state index in [-0.39, 0.29) is 4.90 Å². The summed E-state index contributed by atoms with van der Waals surface area (Å²) in [6.45, 7) is 4.55. The average Bonchev–Trinajstić information content (AvgIpc) is 2.55. The molecule has 0 aliphatic heterocycles. The number of benzene rings is 1. The molecule has 23 heavy (non-hydrogen) atoms. The molecule has 0 aliphatic carbocycles. The highest BCUT2D eigenvalue weighted by atomic mass is 35.5. The second-order valence-corrected chi connectivity index (χ2v) is 8.21. The van der Waals surface area contributed by atoms with Gasteiger partial charge in [-0.25, -0.2) is 13.4 Å². The van der Waals surface area contributed by atoms with Crippen LogP contribution in [0.5, 0.6) is 0 Å². The van der Waals surface area contributed by atoms with Crippen LogP contribution in [0.1, 0.15) is 19.4 Å². The fourth-order valence-electron chi connectivity index (χ4n) is 2.06. The van der Waals surface area contributed by atoms with Gasteiger partial charge in [0.2, 0.25) is 10.0 Å². The quantitative estimate of drug-likeness (QED) is 0.689. The van der Waals surface area contributed by atoms with Crippen molar-refractivity contribution in [2.75, 3.05) is 13.1 Å². The Labute approximate surface area is 146 Å². The van der Waals surface area contributed by atoms with E-state index in [1.807, 2.05) is 38.1 Å². The summed E-state index contributed by atoms with van der Waals surface area (Å²) in [5.41, 5.74) is 1.14. The minimum Gasteiger partial charge on any atom is -0.249 e. The van der Waals surface area contributed by atoms with Gasteiger partial charge in [-0.3, -0.25) is 0 Å². The number of nitrogens with zero attached hydrogens (tertiary/aromatic N) is 2. The molecule has 2 rings (SSSR count). The van der Waals surface area contributed by atoms with E-state index in [1.54, 1.807) is 23.9 Å². The molecule has 0 fully saturated rings. The third kappa shape index (κ3) is 4.70. The van der Waals surface area contributed by atoms with Crippen molar-refractivity contribution in [3.05, 3.63) is 53.2 Å². The van der Waals surface area contributed by atoms with Crippen LogP contribution in [-0.2, 0) is 15.8 Å². The molecule has 0 aliphatic rings. The Morgan fingerprint density at radius 1 is 1.09 bits per heavy atom. The van der Waals surface area contributed by atoms with Gasteiger partial charge in [0.1, 0.15) is 4.90 Å². The predicted molar refractivity (Wildman–Crippen MR) is 95.4 cm³/mol. The van der Waals surface area contributed by atoms with E-state index in [0.717, 1.165) is 16.3 Å². The molecule has 0 N–H and O–H groups in total. The van der Waals surface area contributed by atoms with Crippen molar-refractivity contribution >= 4 is 33.4 Å². The summed E-state index contributed by atoms with van der Waals surface area (Å²) in [5.74, 6) is 0.756. The van der Waals surface area contributed by atoms with E-state index in [9.17, 15) is 8.42 Å². The lowest BCUT2D eigenvalue weighted by molar-refractivity contribution is 0.445. The molecule has 0 spiro atoms. The van der Waals surface area contributed by atoms with E-state index in [0.29, 0.717) is 18.1 Å². The number of aromatic nitrogens is 1. The van der Waals surface area contributed by atoms with Crippen LogP contribution in [-0.4, -0.2) is 30.8 Å². The molecule has 0 amide bonds. The van der Waals surface area contributed by atoms with Crippen molar-refractivity contribution in [3.63, 3.8) is 0 Å². The third-order valence-electron chi connectivity index (χ3n) is 3.35. The number of rotatable bonds is 7. The molecule has 0 atom stereocenters. The summed E-state index contributed by atoms with van der Waals surface area (Å²) < 4.78 is 26.2. The topological polar surface area (TPSA) is 50.3 Å². The van der Waals surface area contributed by atoms with Gasteiger partial charge in [0, 0.05) is 30.1 Å². The van der Waals surface area contributed by atoms with Crippen molar-refractivity contribution in [2.45, 2.75) is 29.5 Å². The number of sulfonamides is 1. The van der Waals surface area contributed by atoms with Crippen LogP contribution in [0, 0.1) is 0 Å². The first kappa shape index (κ1) is 18.3. The van der Waals surface area contributed by atoms with E-state index in [2.05, 4.69) is 4.98 Å². The second kappa shape index (κ2) is 8.15. The zero-order valence-corrected chi connectivity index (χ0v) is 15.5. The van der Waals surface area contributed by atoms with Gasteiger partial charge in [-0.05, 0) is 29.8 Å². The molecule has 1 aromatic carbocycles. The lowest BCUT2D eigenvalue weighted by Crippen LogP contribution is -2.30. The van der Waals surface area contributed by atoms with E-state index < -0.39 is 10.0 Å². The van der Waals surface area contributed by atoms with Gasteiger partial charge < -0.3 is 0 Å². The summed E-state index contributed by atoms with van der Waals surface area (Å²) in [6, 6.07) is 11.0. The highest BCUT2D eigenvalue weighted by Crippen LogP contribution is 2.23. The van der Waals surface area contributed by atoms with Crippen LogP contribution in [0.15, 0.2) is 52.5 Å². The minimum atomic E-state index is -3.44. The average molecular weight is 371 g/mol. The molecule has 0 saturated carbocycles. The molecule has 0 saturated heterocycles. The zero-order valence-electron chi connectivity index (χ0n) is 13.1. The van der Waals surface area contributed by atoms with Crippen LogP contribution >= 0.6 is 23.4 Å². The first-order valence-electron chi connectivity index (χ1n) is 7.30. The maximum Gasteiger partial charge on any atom is 0.244 e. The highest BCUT2D eigenvalue weighted by Gasteiger charge is 2.21. The summed E-state index contributed by atoms with van der Waals surface area (Å²) in [4.78, 5) is 4.49. The highest BCUT2D eigenvalue weighted by molar-refractivity contribution is 7.98. The standard InChI is InChI=1S/C16H19ClN2O2S2/c1-3-19(4-2)23(20,21)15-9-10-16(18-11-15)22-12-13-5-7-14(17)8-6-13/h5-11H,3-4,12H2,1-2H3. The van der Waals surface area contributed by atoms with Crippen molar-refractivity contribution < 1.29 is 8.42 Å². The molecule has 4 nitrogen and oxygen atoms in total. The van der Waals surface area contributed by atoms with Crippen LogP contribution in [0.2, 0.25) is 5.02 Å². The monoisotopic (exact) mass is 370 g/mol. The van der Waals surface area contributed by atoms with Gasteiger partial charge in [-0.2, -0.15) is 4.31 Å². The van der Waals surface area contributed by atoms with Crippen molar-refractivity contribution in [2.24, 2.45) is 0 Å². The van der Waals surface area contributed by atoms with Crippen LogP contribution in [0.3, 0.4) is 0 Å². The lowest BCUT2D eigenvalue weighted by atomic mass is 10.2. The molecule has 1 heterocycles. The fraction of sp³-hybridized carbons (Fsp3) is 0.312. The maximum atomic E-state index is 12.4. The Hall–Kier alpha value is -1.08. The molecule has 1 aromatic heterocycles. The van der Waals surface area contributed by atoms with Crippen molar-refractivity contribution in [3.8, 4) is 0 Å². The second-order valence-electron chi connectivity index (χ2n) is 4.84. The van der Waals surface area contributed by atoms with Gasteiger partial charge in [0.05, 0.1) is 5.03 Å². The largest absolute Gasteiger partial charge is 0.249 e. The molecular weight excluding hydrogens is 352 g/mol. The number of thioether (sulfide) groups is 1. The van der Waals surface area contributed by atoms with Crippen LogP contribution < -0.4 is 0 Å². The lowest BCUT2D eigenvalue weighted by Gasteiger charge is -2.18. The van der Waals surface area contributed by atoms with Crippen molar-refractivity contribution in [1.82, 2.24) is 9.29 Å². The molecule has 124 valence electrons. The maximum absolute atomic E-state index is 12.4. The number of halogens is 1.